The third-order valence-electron chi connectivity index (χ3n) is 7.93. The highest BCUT2D eigenvalue weighted by molar-refractivity contribution is 6.32. The maximum Gasteiger partial charge on any atom is 0.329 e. The first-order chi connectivity index (χ1) is 18.0. The third kappa shape index (κ3) is 2.91. The maximum atomic E-state index is 14.5. The van der Waals surface area contributed by atoms with Gasteiger partial charge in [0, 0.05) is 34.4 Å². The molecule has 1 spiro atoms. The Kier molecular flexibility index (Phi) is 5.19. The summed E-state index contributed by atoms with van der Waals surface area (Å²) in [4.78, 5) is 44.4. The molecule has 3 unspecified atom stereocenters. The zero-order valence-corrected chi connectivity index (χ0v) is 20.6. The quantitative estimate of drug-likeness (QED) is 0.394. The summed E-state index contributed by atoms with van der Waals surface area (Å²) in [5, 5.41) is 0. The van der Waals surface area contributed by atoms with E-state index in [4.69, 9.17) is 14.2 Å². The summed E-state index contributed by atoms with van der Waals surface area (Å²) in [5.41, 5.74) is 1.34. The highest BCUT2D eigenvalue weighted by Crippen LogP contribution is 2.61. The van der Waals surface area contributed by atoms with E-state index in [-0.39, 0.29) is 11.6 Å². The third-order valence-corrected chi connectivity index (χ3v) is 7.93. The van der Waals surface area contributed by atoms with Gasteiger partial charge in [0.05, 0.1) is 27.4 Å². The van der Waals surface area contributed by atoms with Gasteiger partial charge in [0.1, 0.15) is 23.0 Å². The SMILES string of the molecule is COC(=O)C1C(c2ccc(OC)cc2OC)C2(C(=O)c3ccccc3C2=O)C2C=Cc3ccccc3N12. The summed E-state index contributed by atoms with van der Waals surface area (Å²) in [5.74, 6) is -1.06. The van der Waals surface area contributed by atoms with Crippen LogP contribution in [-0.4, -0.2) is 50.9 Å². The van der Waals surface area contributed by atoms with Crippen molar-refractivity contribution in [1.82, 2.24) is 0 Å². The molecule has 1 aliphatic carbocycles. The fourth-order valence-corrected chi connectivity index (χ4v) is 6.43. The number of carbonyl (C=O) groups excluding carboxylic acids is 3. The smallest absolute Gasteiger partial charge is 0.329 e. The number of methoxy groups -OCH3 is 3. The first-order valence-electron chi connectivity index (χ1n) is 12.0. The van der Waals surface area contributed by atoms with Gasteiger partial charge in [0.2, 0.25) is 0 Å². The Morgan fingerprint density at radius 3 is 2.19 bits per heavy atom. The summed E-state index contributed by atoms with van der Waals surface area (Å²) in [7, 11) is 4.39. The molecule has 2 aliphatic heterocycles. The predicted molar refractivity (Wildman–Crippen MR) is 137 cm³/mol. The molecule has 0 saturated carbocycles. The van der Waals surface area contributed by atoms with Gasteiger partial charge in [0.15, 0.2) is 11.6 Å². The van der Waals surface area contributed by atoms with Crippen LogP contribution in [0.15, 0.2) is 72.8 Å². The minimum atomic E-state index is -1.60. The van der Waals surface area contributed by atoms with Crippen molar-refractivity contribution < 1.29 is 28.6 Å². The normalized spacial score (nSPS) is 22.5. The molecule has 3 atom stereocenters. The number of Topliss-reactive ketones (excluding diaryl/α,β-unsaturated/α-hetero) is 2. The van der Waals surface area contributed by atoms with Crippen LogP contribution in [0.3, 0.4) is 0 Å². The van der Waals surface area contributed by atoms with E-state index in [2.05, 4.69) is 0 Å². The number of para-hydroxylation sites is 1. The van der Waals surface area contributed by atoms with Crippen molar-refractivity contribution in [2.24, 2.45) is 5.41 Å². The lowest BCUT2D eigenvalue weighted by Gasteiger charge is -2.36. The van der Waals surface area contributed by atoms with E-state index in [1.807, 2.05) is 41.3 Å². The largest absolute Gasteiger partial charge is 0.497 e. The topological polar surface area (TPSA) is 82.1 Å². The van der Waals surface area contributed by atoms with Crippen LogP contribution < -0.4 is 14.4 Å². The highest BCUT2D eigenvalue weighted by atomic mass is 16.5. The molecule has 2 heterocycles. The number of carbonyl (C=O) groups is 3. The molecule has 0 N–H and O–H groups in total. The number of nitrogens with zero attached hydrogens (tertiary/aromatic N) is 1. The van der Waals surface area contributed by atoms with E-state index in [1.54, 1.807) is 49.6 Å². The molecular formula is C30H25NO6. The van der Waals surface area contributed by atoms with Gasteiger partial charge in [-0.1, -0.05) is 60.7 Å². The maximum absolute atomic E-state index is 14.5. The van der Waals surface area contributed by atoms with Crippen molar-refractivity contribution in [3.63, 3.8) is 0 Å². The number of hydrogen-bond acceptors (Lipinski definition) is 7. The zero-order valence-electron chi connectivity index (χ0n) is 20.6. The van der Waals surface area contributed by atoms with Crippen LogP contribution in [0.4, 0.5) is 5.69 Å². The number of rotatable bonds is 4. The summed E-state index contributed by atoms with van der Waals surface area (Å²) >= 11 is 0. The van der Waals surface area contributed by atoms with E-state index in [9.17, 15) is 14.4 Å². The lowest BCUT2D eigenvalue weighted by Crippen LogP contribution is -2.48. The molecule has 7 heteroatoms. The summed E-state index contributed by atoms with van der Waals surface area (Å²) in [6.07, 6.45) is 3.79. The Bertz CT molecular complexity index is 1460. The molecule has 3 aromatic carbocycles. The van der Waals surface area contributed by atoms with Crippen LogP contribution >= 0.6 is 0 Å². The van der Waals surface area contributed by atoms with Crippen LogP contribution in [0, 0.1) is 5.41 Å². The minimum Gasteiger partial charge on any atom is -0.497 e. The van der Waals surface area contributed by atoms with Crippen LogP contribution in [0.25, 0.3) is 6.08 Å². The molecule has 0 amide bonds. The average molecular weight is 496 g/mol. The van der Waals surface area contributed by atoms with Gasteiger partial charge < -0.3 is 19.1 Å². The van der Waals surface area contributed by atoms with Crippen molar-refractivity contribution in [3.05, 3.63) is 95.1 Å². The molecule has 0 radical (unpaired) electrons. The number of benzene rings is 3. The highest BCUT2D eigenvalue weighted by Gasteiger charge is 2.72. The fraction of sp³-hybridized carbons (Fsp3) is 0.233. The van der Waals surface area contributed by atoms with Crippen molar-refractivity contribution in [2.75, 3.05) is 26.2 Å². The fourth-order valence-electron chi connectivity index (χ4n) is 6.43. The monoisotopic (exact) mass is 495 g/mol. The van der Waals surface area contributed by atoms with E-state index in [0.29, 0.717) is 28.2 Å². The molecule has 37 heavy (non-hydrogen) atoms. The van der Waals surface area contributed by atoms with E-state index in [0.717, 1.165) is 11.3 Å². The number of esters is 1. The molecule has 0 bridgehead atoms. The minimum absolute atomic E-state index is 0.304. The van der Waals surface area contributed by atoms with Gasteiger partial charge in [-0.2, -0.15) is 0 Å². The lowest BCUT2D eigenvalue weighted by molar-refractivity contribution is -0.142. The van der Waals surface area contributed by atoms with Crippen LogP contribution in [0.1, 0.15) is 37.8 Å². The van der Waals surface area contributed by atoms with Crippen molar-refractivity contribution in [1.29, 1.82) is 0 Å². The Morgan fingerprint density at radius 2 is 1.54 bits per heavy atom. The Labute approximate surface area is 214 Å². The summed E-state index contributed by atoms with van der Waals surface area (Å²) in [6, 6.07) is 18.1. The molecule has 1 saturated heterocycles. The number of anilines is 1. The first-order valence-corrected chi connectivity index (χ1v) is 12.0. The molecule has 0 aromatic heterocycles. The molecule has 3 aromatic rings. The van der Waals surface area contributed by atoms with Crippen molar-refractivity contribution >= 4 is 29.3 Å². The second-order valence-electron chi connectivity index (χ2n) is 9.40. The van der Waals surface area contributed by atoms with E-state index >= 15 is 0 Å². The summed E-state index contributed by atoms with van der Waals surface area (Å²) < 4.78 is 16.5. The zero-order chi connectivity index (χ0) is 25.9. The van der Waals surface area contributed by atoms with Crippen molar-refractivity contribution in [3.8, 4) is 11.5 Å². The molecule has 1 fully saturated rings. The molecular weight excluding hydrogens is 470 g/mol. The standard InChI is InChI=1S/C30H25NO6/c1-35-18-13-14-21(23(16-18)36-2)25-26(29(34)37-3)31-22-11-7-4-8-17(22)12-15-24(31)30(25)27(32)19-9-5-6-10-20(19)28(30)33/h4-16,24-26H,1-3H3. The number of fused-ring (bicyclic) bond motifs is 5. The van der Waals surface area contributed by atoms with Crippen LogP contribution in [-0.2, 0) is 9.53 Å². The average Bonchev–Trinajstić information content (AvgIpc) is 3.38. The Morgan fingerprint density at radius 1 is 0.865 bits per heavy atom. The van der Waals surface area contributed by atoms with Crippen LogP contribution in [0.5, 0.6) is 11.5 Å². The van der Waals surface area contributed by atoms with E-state index < -0.39 is 29.4 Å². The predicted octanol–water partition coefficient (Wildman–Crippen LogP) is 4.31. The van der Waals surface area contributed by atoms with E-state index in [1.165, 1.54) is 14.2 Å². The van der Waals surface area contributed by atoms with Gasteiger partial charge in [-0.25, -0.2) is 4.79 Å². The number of hydrogen-bond donors (Lipinski definition) is 0. The second-order valence-corrected chi connectivity index (χ2v) is 9.40. The lowest BCUT2D eigenvalue weighted by atomic mass is 9.64. The second kappa shape index (κ2) is 8.34. The molecule has 186 valence electrons. The number of ketones is 2. The Hall–Kier alpha value is -4.39. The number of ether oxygens (including phenoxy) is 3. The van der Waals surface area contributed by atoms with Gasteiger partial charge in [-0.15, -0.1) is 0 Å². The van der Waals surface area contributed by atoms with Crippen molar-refractivity contribution in [2.45, 2.75) is 18.0 Å². The van der Waals surface area contributed by atoms with Gasteiger partial charge in [-0.3, -0.25) is 9.59 Å². The Balaban J connectivity index is 1.70. The van der Waals surface area contributed by atoms with Gasteiger partial charge in [-0.05, 0) is 17.7 Å². The first kappa shape index (κ1) is 23.0. The van der Waals surface area contributed by atoms with Gasteiger partial charge >= 0.3 is 5.97 Å². The van der Waals surface area contributed by atoms with Crippen LogP contribution in [0.2, 0.25) is 0 Å². The summed E-state index contributed by atoms with van der Waals surface area (Å²) in [6.45, 7) is 0. The molecule has 7 nitrogen and oxygen atoms in total. The van der Waals surface area contributed by atoms with Gasteiger partial charge in [0.25, 0.3) is 0 Å². The molecule has 3 aliphatic rings. The molecule has 6 rings (SSSR count).